The minimum Gasteiger partial charge on any atom is -0.258 e. The van der Waals surface area contributed by atoms with Crippen LogP contribution in [-0.2, 0) is 0 Å². The van der Waals surface area contributed by atoms with Crippen molar-refractivity contribution in [2.45, 2.75) is 28.4 Å². The normalized spacial score (nSPS) is 29.5. The van der Waals surface area contributed by atoms with E-state index < -0.39 is 9.85 Å². The number of hydrogen-bond donors (Lipinski definition) is 0. The maximum Gasteiger partial charge on any atom is 0.289 e. The van der Waals surface area contributed by atoms with E-state index in [1.807, 2.05) is 0 Å². The molecular formula is C14H13ClN2O4S. The summed E-state index contributed by atoms with van der Waals surface area (Å²) in [5, 5.41) is 22.0. The minimum absolute atomic E-state index is 0.0607. The van der Waals surface area contributed by atoms with Gasteiger partial charge in [-0.3, -0.25) is 20.2 Å². The fraction of sp³-hybridized carbons (Fsp3) is 0.429. The van der Waals surface area contributed by atoms with Gasteiger partial charge in [0, 0.05) is 11.3 Å². The quantitative estimate of drug-likeness (QED) is 0.355. The number of hydrogen-bond acceptors (Lipinski definition) is 5. The molecule has 22 heavy (non-hydrogen) atoms. The fourth-order valence-corrected chi connectivity index (χ4v) is 5.02. The van der Waals surface area contributed by atoms with Crippen LogP contribution in [0.3, 0.4) is 0 Å². The topological polar surface area (TPSA) is 86.3 Å². The monoisotopic (exact) mass is 340 g/mol. The zero-order valence-electron chi connectivity index (χ0n) is 11.4. The van der Waals surface area contributed by atoms with Crippen molar-refractivity contribution in [1.29, 1.82) is 0 Å². The Kier molecular flexibility index (Phi) is 4.10. The van der Waals surface area contributed by atoms with E-state index in [9.17, 15) is 20.2 Å². The number of halogens is 1. The number of allylic oxidation sites excluding steroid dienone is 2. The van der Waals surface area contributed by atoms with Crippen molar-refractivity contribution in [3.8, 4) is 0 Å². The van der Waals surface area contributed by atoms with Crippen molar-refractivity contribution in [2.75, 3.05) is 0 Å². The highest BCUT2D eigenvalue weighted by Crippen LogP contribution is 2.48. The first-order chi connectivity index (χ1) is 10.5. The number of nitro benzene ring substituents is 2. The Morgan fingerprint density at radius 1 is 1.09 bits per heavy atom. The molecule has 0 heterocycles. The molecule has 0 amide bonds. The molecule has 2 bridgehead atoms. The lowest BCUT2D eigenvalue weighted by atomic mass is 9.75. The van der Waals surface area contributed by atoms with E-state index in [4.69, 9.17) is 11.6 Å². The Morgan fingerprint density at radius 2 is 1.77 bits per heavy atom. The van der Waals surface area contributed by atoms with Gasteiger partial charge in [-0.1, -0.05) is 12.2 Å². The summed E-state index contributed by atoms with van der Waals surface area (Å²) >= 11 is 7.86. The van der Waals surface area contributed by atoms with Crippen molar-refractivity contribution < 1.29 is 9.85 Å². The van der Waals surface area contributed by atoms with E-state index in [0.717, 1.165) is 18.9 Å². The Bertz CT molecular complexity index is 666. The largest absolute Gasteiger partial charge is 0.289 e. The number of benzene rings is 1. The van der Waals surface area contributed by atoms with Crippen LogP contribution in [0.5, 0.6) is 0 Å². The molecular weight excluding hydrogens is 328 g/mol. The van der Waals surface area contributed by atoms with Crippen molar-refractivity contribution >= 4 is 34.7 Å². The average Bonchev–Trinajstić information content (AvgIpc) is 2.51. The molecule has 0 unspecified atom stereocenters. The van der Waals surface area contributed by atoms with Crippen molar-refractivity contribution in [3.63, 3.8) is 0 Å². The van der Waals surface area contributed by atoms with Crippen molar-refractivity contribution in [2.24, 2.45) is 11.8 Å². The van der Waals surface area contributed by atoms with E-state index in [1.165, 1.54) is 23.9 Å². The zero-order valence-corrected chi connectivity index (χ0v) is 13.0. The lowest BCUT2D eigenvalue weighted by molar-refractivity contribution is -0.396. The first kappa shape index (κ1) is 15.3. The van der Waals surface area contributed by atoms with Gasteiger partial charge in [0.05, 0.1) is 26.2 Å². The second-order valence-corrected chi connectivity index (χ2v) is 7.21. The highest BCUT2D eigenvalue weighted by atomic mass is 35.5. The maximum atomic E-state index is 11.2. The van der Waals surface area contributed by atoms with Crippen LogP contribution in [-0.4, -0.2) is 20.5 Å². The summed E-state index contributed by atoms with van der Waals surface area (Å²) in [6.07, 6.45) is 6.35. The Morgan fingerprint density at radius 3 is 2.32 bits per heavy atom. The van der Waals surface area contributed by atoms with E-state index in [-0.39, 0.29) is 22.0 Å². The lowest BCUT2D eigenvalue weighted by Crippen LogP contribution is -2.39. The summed E-state index contributed by atoms with van der Waals surface area (Å²) in [6, 6.07) is 3.77. The van der Waals surface area contributed by atoms with E-state index in [1.54, 1.807) is 0 Å². The van der Waals surface area contributed by atoms with E-state index >= 15 is 0 Å². The van der Waals surface area contributed by atoms with Crippen LogP contribution in [0.25, 0.3) is 0 Å². The summed E-state index contributed by atoms with van der Waals surface area (Å²) in [5.74, 6) is 0.605. The van der Waals surface area contributed by atoms with Gasteiger partial charge in [0.25, 0.3) is 11.4 Å². The predicted molar refractivity (Wildman–Crippen MR) is 84.4 cm³/mol. The number of thioether (sulfide) groups is 1. The van der Waals surface area contributed by atoms with Crippen LogP contribution in [0.1, 0.15) is 12.8 Å². The number of alkyl halides is 1. The van der Waals surface area contributed by atoms with Crippen LogP contribution in [0.4, 0.5) is 11.4 Å². The van der Waals surface area contributed by atoms with Crippen LogP contribution in [0.15, 0.2) is 35.2 Å². The first-order valence-corrected chi connectivity index (χ1v) is 8.21. The van der Waals surface area contributed by atoms with Crippen LogP contribution in [0, 0.1) is 32.1 Å². The Labute approximate surface area is 135 Å². The molecule has 0 aromatic heterocycles. The van der Waals surface area contributed by atoms with Gasteiger partial charge in [-0.25, -0.2) is 0 Å². The lowest BCUT2D eigenvalue weighted by Gasteiger charge is -2.41. The molecule has 0 N–H and O–H groups in total. The summed E-state index contributed by atoms with van der Waals surface area (Å²) in [6.45, 7) is 0. The summed E-state index contributed by atoms with van der Waals surface area (Å²) in [4.78, 5) is 21.2. The molecule has 3 aliphatic rings. The zero-order chi connectivity index (χ0) is 15.9. The highest BCUT2D eigenvalue weighted by Gasteiger charge is 2.41. The Balaban J connectivity index is 1.90. The molecule has 8 heteroatoms. The van der Waals surface area contributed by atoms with Crippen molar-refractivity contribution in [1.82, 2.24) is 0 Å². The molecule has 4 rings (SSSR count). The van der Waals surface area contributed by atoms with Gasteiger partial charge in [-0.15, -0.1) is 23.4 Å². The van der Waals surface area contributed by atoms with Gasteiger partial charge in [0.1, 0.15) is 0 Å². The highest BCUT2D eigenvalue weighted by molar-refractivity contribution is 8.00. The number of fused-ring (bicyclic) bond motifs is 2. The third-order valence-corrected chi connectivity index (χ3v) is 6.46. The predicted octanol–water partition coefficient (Wildman–Crippen LogP) is 4.17. The van der Waals surface area contributed by atoms with Gasteiger partial charge in [0.2, 0.25) is 0 Å². The molecule has 6 nitrogen and oxygen atoms in total. The maximum absolute atomic E-state index is 11.2. The van der Waals surface area contributed by atoms with Gasteiger partial charge in [0.15, 0.2) is 0 Å². The number of nitrogens with zero attached hydrogens (tertiary/aromatic N) is 2. The minimum atomic E-state index is -0.628. The van der Waals surface area contributed by atoms with E-state index in [2.05, 4.69) is 12.2 Å². The average molecular weight is 341 g/mol. The van der Waals surface area contributed by atoms with Crippen molar-refractivity contribution in [3.05, 3.63) is 50.6 Å². The molecule has 0 saturated heterocycles. The third-order valence-electron chi connectivity index (χ3n) is 4.20. The fourth-order valence-electron chi connectivity index (χ4n) is 3.04. The van der Waals surface area contributed by atoms with Crippen LogP contribution in [0.2, 0.25) is 0 Å². The van der Waals surface area contributed by atoms with Crippen LogP contribution < -0.4 is 0 Å². The van der Waals surface area contributed by atoms with Gasteiger partial charge in [-0.05, 0) is 30.7 Å². The number of non-ortho nitro benzene ring substituents is 1. The molecule has 1 aromatic carbocycles. The molecule has 1 fully saturated rings. The molecule has 1 aromatic rings. The number of rotatable bonds is 4. The summed E-state index contributed by atoms with van der Waals surface area (Å²) in [7, 11) is 0. The second-order valence-electron chi connectivity index (χ2n) is 5.48. The van der Waals surface area contributed by atoms with Gasteiger partial charge in [-0.2, -0.15) is 0 Å². The van der Waals surface area contributed by atoms with Crippen LogP contribution >= 0.6 is 23.4 Å². The van der Waals surface area contributed by atoms with Gasteiger partial charge >= 0.3 is 0 Å². The molecule has 1 saturated carbocycles. The Hall–Kier alpha value is -1.60. The molecule has 116 valence electrons. The smallest absolute Gasteiger partial charge is 0.258 e. The van der Waals surface area contributed by atoms with E-state index in [0.29, 0.717) is 16.7 Å². The molecule has 0 radical (unpaired) electrons. The SMILES string of the molecule is O=[N+]([O-])c1ccc(S[C@@H]2[C@@H](Cl)[C@@H]3C=C[C@H]2CC3)c([N+](=O)[O-])c1. The van der Waals surface area contributed by atoms with Gasteiger partial charge < -0.3 is 0 Å². The number of nitro groups is 2. The molecule has 3 aliphatic carbocycles. The first-order valence-electron chi connectivity index (χ1n) is 6.89. The standard InChI is InChI=1S/C14H13ClN2O4S/c15-13-8-1-3-9(4-2-8)14(13)22-12-6-5-10(16(18)19)7-11(12)17(20)21/h1,3,5-9,13-14H,2,4H2/t8-,9+,13+,14+/m1/s1. The summed E-state index contributed by atoms with van der Waals surface area (Å²) < 4.78 is 0. The molecule has 0 spiro atoms. The third kappa shape index (κ3) is 2.70. The molecule has 4 atom stereocenters. The molecule has 0 aliphatic heterocycles. The second kappa shape index (κ2) is 5.89. The summed E-state index contributed by atoms with van der Waals surface area (Å²) in [5.41, 5.74) is -0.503.